The molecule has 4 heteroatoms. The van der Waals surface area contributed by atoms with Crippen LogP contribution in [0.5, 0.6) is 0 Å². The molecular formula is C17H21N3O. The number of carbonyl (C=O) groups is 1. The minimum absolute atomic E-state index is 0.0948. The van der Waals surface area contributed by atoms with E-state index >= 15 is 0 Å². The zero-order valence-corrected chi connectivity index (χ0v) is 12.7. The normalized spacial score (nSPS) is 12.2. The van der Waals surface area contributed by atoms with Crippen molar-refractivity contribution >= 4 is 5.91 Å². The molecule has 0 spiro atoms. The first-order valence-electron chi connectivity index (χ1n) is 6.99. The molecule has 0 saturated heterocycles. The van der Waals surface area contributed by atoms with Crippen LogP contribution in [-0.2, 0) is 0 Å². The Labute approximate surface area is 125 Å². The Balaban J connectivity index is 2.06. The summed E-state index contributed by atoms with van der Waals surface area (Å²) in [4.78, 5) is 18.2. The number of rotatable bonds is 5. The fraction of sp³-hybridized carbons (Fsp3) is 0.294. The van der Waals surface area contributed by atoms with Gasteiger partial charge < -0.3 is 10.2 Å². The molecule has 0 aliphatic rings. The summed E-state index contributed by atoms with van der Waals surface area (Å²) in [5.41, 5.74) is 3.00. The van der Waals surface area contributed by atoms with Crippen LogP contribution in [0.2, 0.25) is 0 Å². The molecule has 1 aromatic carbocycles. The Morgan fingerprint density at radius 1 is 1.29 bits per heavy atom. The number of carbonyl (C=O) groups excluding carboxylic acids is 1. The molecule has 0 saturated carbocycles. The van der Waals surface area contributed by atoms with Crippen LogP contribution >= 0.6 is 0 Å². The highest BCUT2D eigenvalue weighted by Gasteiger charge is 2.16. The first kappa shape index (κ1) is 15.2. The van der Waals surface area contributed by atoms with Crippen LogP contribution in [0.1, 0.15) is 27.5 Å². The van der Waals surface area contributed by atoms with E-state index in [-0.39, 0.29) is 11.9 Å². The molecule has 1 amide bonds. The molecule has 1 N–H and O–H groups in total. The standard InChI is InChI=1S/C17H21N3O/c1-13-6-4-7-14(10-13)16(20(2)3)12-19-17(21)15-8-5-9-18-11-15/h4-11,16H,12H2,1-3H3,(H,19,21)/t16-/m1/s1. The lowest BCUT2D eigenvalue weighted by atomic mass is 10.0. The summed E-state index contributed by atoms with van der Waals surface area (Å²) in [5.74, 6) is -0.0948. The van der Waals surface area contributed by atoms with Crippen molar-refractivity contribution in [3.8, 4) is 0 Å². The molecule has 1 aromatic heterocycles. The van der Waals surface area contributed by atoms with Gasteiger partial charge >= 0.3 is 0 Å². The van der Waals surface area contributed by atoms with E-state index in [2.05, 4.69) is 40.3 Å². The Bertz CT molecular complexity index is 596. The molecule has 0 radical (unpaired) electrons. The van der Waals surface area contributed by atoms with Gasteiger partial charge in [0.1, 0.15) is 0 Å². The third-order valence-electron chi connectivity index (χ3n) is 3.43. The summed E-state index contributed by atoms with van der Waals surface area (Å²) < 4.78 is 0. The summed E-state index contributed by atoms with van der Waals surface area (Å²) in [5, 5.41) is 2.98. The van der Waals surface area contributed by atoms with E-state index in [1.807, 2.05) is 20.2 Å². The van der Waals surface area contributed by atoms with Crippen LogP contribution in [0.4, 0.5) is 0 Å². The van der Waals surface area contributed by atoms with Crippen molar-refractivity contribution in [3.63, 3.8) is 0 Å². The molecule has 1 atom stereocenters. The average Bonchev–Trinajstić information content (AvgIpc) is 2.48. The minimum Gasteiger partial charge on any atom is -0.350 e. The van der Waals surface area contributed by atoms with Crippen LogP contribution in [0.3, 0.4) is 0 Å². The molecule has 0 aliphatic carbocycles. The summed E-state index contributed by atoms with van der Waals surface area (Å²) in [6.45, 7) is 2.63. The minimum atomic E-state index is -0.0948. The second kappa shape index (κ2) is 6.99. The van der Waals surface area contributed by atoms with E-state index in [9.17, 15) is 4.79 Å². The number of pyridine rings is 1. The van der Waals surface area contributed by atoms with Gasteiger partial charge in [0.15, 0.2) is 0 Å². The molecule has 110 valence electrons. The smallest absolute Gasteiger partial charge is 0.252 e. The molecule has 0 aliphatic heterocycles. The highest BCUT2D eigenvalue weighted by atomic mass is 16.1. The van der Waals surface area contributed by atoms with E-state index in [1.54, 1.807) is 24.5 Å². The number of benzene rings is 1. The predicted molar refractivity (Wildman–Crippen MR) is 84.2 cm³/mol. The van der Waals surface area contributed by atoms with Crippen LogP contribution in [0.25, 0.3) is 0 Å². The van der Waals surface area contributed by atoms with Crippen molar-refractivity contribution in [1.29, 1.82) is 0 Å². The zero-order chi connectivity index (χ0) is 15.2. The quantitative estimate of drug-likeness (QED) is 0.916. The maximum absolute atomic E-state index is 12.1. The number of aryl methyl sites for hydroxylation is 1. The van der Waals surface area contributed by atoms with Gasteiger partial charge in [-0.1, -0.05) is 29.8 Å². The van der Waals surface area contributed by atoms with Gasteiger partial charge in [0.2, 0.25) is 0 Å². The van der Waals surface area contributed by atoms with E-state index < -0.39 is 0 Å². The van der Waals surface area contributed by atoms with Crippen molar-refractivity contribution in [1.82, 2.24) is 15.2 Å². The molecule has 1 heterocycles. The van der Waals surface area contributed by atoms with Crippen LogP contribution in [-0.4, -0.2) is 36.4 Å². The lowest BCUT2D eigenvalue weighted by Gasteiger charge is -2.25. The maximum atomic E-state index is 12.1. The summed E-state index contributed by atoms with van der Waals surface area (Å²) in [6, 6.07) is 12.0. The highest BCUT2D eigenvalue weighted by Crippen LogP contribution is 2.18. The van der Waals surface area contributed by atoms with Crippen LogP contribution in [0, 0.1) is 6.92 Å². The molecule has 21 heavy (non-hydrogen) atoms. The summed E-state index contributed by atoms with van der Waals surface area (Å²) in [6.07, 6.45) is 3.23. The van der Waals surface area contributed by atoms with Gasteiger partial charge in [-0.2, -0.15) is 0 Å². The molecular weight excluding hydrogens is 262 g/mol. The molecule has 0 unspecified atom stereocenters. The Kier molecular flexibility index (Phi) is 5.06. The molecule has 4 nitrogen and oxygen atoms in total. The molecule has 2 aromatic rings. The fourth-order valence-electron chi connectivity index (χ4n) is 2.26. The van der Waals surface area contributed by atoms with Gasteiger partial charge in [-0.15, -0.1) is 0 Å². The summed E-state index contributed by atoms with van der Waals surface area (Å²) in [7, 11) is 4.03. The van der Waals surface area contributed by atoms with Gasteiger partial charge in [-0.05, 0) is 38.7 Å². The number of hydrogen-bond acceptors (Lipinski definition) is 3. The Morgan fingerprint density at radius 2 is 2.10 bits per heavy atom. The molecule has 0 bridgehead atoms. The predicted octanol–water partition coefficient (Wildman–Crippen LogP) is 2.42. The molecule has 2 rings (SSSR count). The number of likely N-dealkylation sites (N-methyl/N-ethyl adjacent to an activating group) is 1. The van der Waals surface area contributed by atoms with Crippen molar-refractivity contribution in [3.05, 3.63) is 65.5 Å². The first-order valence-corrected chi connectivity index (χ1v) is 6.99. The van der Waals surface area contributed by atoms with E-state index in [4.69, 9.17) is 0 Å². The Hall–Kier alpha value is -2.20. The van der Waals surface area contributed by atoms with Gasteiger partial charge in [-0.3, -0.25) is 9.78 Å². The highest BCUT2D eigenvalue weighted by molar-refractivity contribution is 5.93. The summed E-state index contributed by atoms with van der Waals surface area (Å²) >= 11 is 0. The van der Waals surface area contributed by atoms with E-state index in [1.165, 1.54) is 11.1 Å². The molecule has 0 fully saturated rings. The number of nitrogens with zero attached hydrogens (tertiary/aromatic N) is 2. The van der Waals surface area contributed by atoms with Gasteiger partial charge in [0.05, 0.1) is 11.6 Å². The number of hydrogen-bond donors (Lipinski definition) is 1. The largest absolute Gasteiger partial charge is 0.350 e. The zero-order valence-electron chi connectivity index (χ0n) is 12.7. The third-order valence-corrected chi connectivity index (χ3v) is 3.43. The van der Waals surface area contributed by atoms with E-state index in [0.29, 0.717) is 12.1 Å². The van der Waals surface area contributed by atoms with Gasteiger partial charge in [-0.25, -0.2) is 0 Å². The van der Waals surface area contributed by atoms with E-state index in [0.717, 1.165) is 0 Å². The lowest BCUT2D eigenvalue weighted by Crippen LogP contribution is -2.34. The monoisotopic (exact) mass is 283 g/mol. The number of nitrogens with one attached hydrogen (secondary N) is 1. The second-order valence-electron chi connectivity index (χ2n) is 5.35. The maximum Gasteiger partial charge on any atom is 0.252 e. The lowest BCUT2D eigenvalue weighted by molar-refractivity contribution is 0.0941. The first-order chi connectivity index (χ1) is 10.1. The number of aromatic nitrogens is 1. The van der Waals surface area contributed by atoms with Crippen molar-refractivity contribution in [2.75, 3.05) is 20.6 Å². The average molecular weight is 283 g/mol. The van der Waals surface area contributed by atoms with Crippen molar-refractivity contribution in [2.45, 2.75) is 13.0 Å². The SMILES string of the molecule is Cc1cccc([C@@H](CNC(=O)c2cccnc2)N(C)C)c1. The fourth-order valence-corrected chi connectivity index (χ4v) is 2.26. The van der Waals surface area contributed by atoms with Crippen molar-refractivity contribution in [2.24, 2.45) is 0 Å². The van der Waals surface area contributed by atoms with Crippen molar-refractivity contribution < 1.29 is 4.79 Å². The Morgan fingerprint density at radius 3 is 2.71 bits per heavy atom. The topological polar surface area (TPSA) is 45.2 Å². The van der Waals surface area contributed by atoms with Crippen LogP contribution < -0.4 is 5.32 Å². The third kappa shape index (κ3) is 4.13. The van der Waals surface area contributed by atoms with Crippen LogP contribution in [0.15, 0.2) is 48.8 Å². The van der Waals surface area contributed by atoms with Gasteiger partial charge in [0.25, 0.3) is 5.91 Å². The van der Waals surface area contributed by atoms with Gasteiger partial charge in [0, 0.05) is 18.9 Å². The number of amides is 1. The second-order valence-corrected chi connectivity index (χ2v) is 5.35.